The van der Waals surface area contributed by atoms with Crippen molar-refractivity contribution in [3.63, 3.8) is 0 Å². The minimum Gasteiger partial charge on any atom is -0.394 e. The van der Waals surface area contributed by atoms with Gasteiger partial charge in [0.05, 0.1) is 29.2 Å². The molecule has 3 saturated heterocycles. The zero-order valence-electron chi connectivity index (χ0n) is 22.3. The normalized spacial score (nSPS) is 33.7. The monoisotopic (exact) mass is 495 g/mol. The second kappa shape index (κ2) is 9.30. The third-order valence-corrected chi connectivity index (χ3v) is 9.79. The van der Waals surface area contributed by atoms with Crippen molar-refractivity contribution in [3.8, 4) is 0 Å². The van der Waals surface area contributed by atoms with Gasteiger partial charge in [-0.3, -0.25) is 14.4 Å². The topological polar surface area (TPSA) is 98.7 Å². The Balaban J connectivity index is 2.03. The highest BCUT2D eigenvalue weighted by Gasteiger charge is 2.77. The second-order valence-electron chi connectivity index (χ2n) is 12.6. The van der Waals surface area contributed by atoms with E-state index >= 15 is 0 Å². The first-order valence-electron chi connectivity index (χ1n) is 12.9. The Bertz CT molecular complexity index is 821. The van der Waals surface area contributed by atoms with Crippen LogP contribution in [-0.2, 0) is 14.4 Å². The van der Waals surface area contributed by atoms with Crippen LogP contribution in [0.15, 0.2) is 0 Å². The molecule has 3 fully saturated rings. The molecule has 3 N–H and O–H groups in total. The molecule has 0 radical (unpaired) electrons. The van der Waals surface area contributed by atoms with E-state index in [0.29, 0.717) is 13.0 Å². The third-order valence-electron chi connectivity index (χ3n) is 7.80. The highest BCUT2D eigenvalue weighted by atomic mass is 32.2. The summed E-state index contributed by atoms with van der Waals surface area (Å²) in [6.45, 7) is 16.9. The fourth-order valence-electron chi connectivity index (χ4n) is 7.00. The molecule has 0 aromatic rings. The maximum atomic E-state index is 14.0. The lowest BCUT2D eigenvalue weighted by Gasteiger charge is -2.40. The van der Waals surface area contributed by atoms with E-state index in [2.05, 4.69) is 38.3 Å². The Labute approximate surface area is 209 Å². The van der Waals surface area contributed by atoms with Gasteiger partial charge in [0.2, 0.25) is 17.7 Å². The molecule has 3 rings (SSSR count). The molecule has 0 aromatic heterocycles. The van der Waals surface area contributed by atoms with Gasteiger partial charge in [0, 0.05) is 16.8 Å². The van der Waals surface area contributed by atoms with Gasteiger partial charge in [-0.25, -0.2) is 0 Å². The summed E-state index contributed by atoms with van der Waals surface area (Å²) in [5.41, 5.74) is -0.431. The van der Waals surface area contributed by atoms with E-state index in [1.165, 1.54) is 0 Å². The molecule has 3 heterocycles. The lowest BCUT2D eigenvalue weighted by molar-refractivity contribution is -0.143. The predicted octanol–water partition coefficient (Wildman–Crippen LogP) is 3.10. The molecule has 34 heavy (non-hydrogen) atoms. The first-order chi connectivity index (χ1) is 15.7. The van der Waals surface area contributed by atoms with Crippen molar-refractivity contribution < 1.29 is 19.5 Å². The van der Waals surface area contributed by atoms with Crippen LogP contribution in [0.2, 0.25) is 0 Å². The SMILES string of the molecule is CCCNC(=O)[C@H]1[C@H]2C(=O)N([C@@H](CC)CO)C(C(=O)NC(C)(C)CC(C)(C)C)C23CC[C@]1(C)S3. The molecule has 7 nitrogen and oxygen atoms in total. The van der Waals surface area contributed by atoms with Crippen molar-refractivity contribution in [1.29, 1.82) is 0 Å². The van der Waals surface area contributed by atoms with E-state index in [1.807, 2.05) is 27.7 Å². The van der Waals surface area contributed by atoms with Gasteiger partial charge in [-0.2, -0.15) is 0 Å². The lowest BCUT2D eigenvalue weighted by atomic mass is 9.66. The highest BCUT2D eigenvalue weighted by Crippen LogP contribution is 2.71. The summed E-state index contributed by atoms with van der Waals surface area (Å²) < 4.78 is -1.02. The quantitative estimate of drug-likeness (QED) is 0.457. The molecule has 2 unspecified atom stereocenters. The van der Waals surface area contributed by atoms with Crippen LogP contribution >= 0.6 is 11.8 Å². The van der Waals surface area contributed by atoms with Crippen LogP contribution in [0.1, 0.15) is 87.5 Å². The molecular weight excluding hydrogens is 450 g/mol. The van der Waals surface area contributed by atoms with Crippen LogP contribution in [0.4, 0.5) is 0 Å². The van der Waals surface area contributed by atoms with Gasteiger partial charge in [-0.15, -0.1) is 11.8 Å². The van der Waals surface area contributed by atoms with Crippen molar-refractivity contribution in [2.75, 3.05) is 13.2 Å². The average molecular weight is 496 g/mol. The van der Waals surface area contributed by atoms with Gasteiger partial charge in [0.15, 0.2) is 0 Å². The van der Waals surface area contributed by atoms with Gasteiger partial charge >= 0.3 is 0 Å². The molecule has 8 heteroatoms. The third kappa shape index (κ3) is 4.61. The van der Waals surface area contributed by atoms with E-state index in [4.69, 9.17) is 0 Å². The largest absolute Gasteiger partial charge is 0.394 e. The van der Waals surface area contributed by atoms with E-state index in [9.17, 15) is 19.5 Å². The van der Waals surface area contributed by atoms with Gasteiger partial charge in [-0.05, 0) is 58.3 Å². The molecule has 0 saturated carbocycles. The summed E-state index contributed by atoms with van der Waals surface area (Å²) in [7, 11) is 0. The molecule has 194 valence electrons. The van der Waals surface area contributed by atoms with Crippen molar-refractivity contribution >= 4 is 29.5 Å². The summed E-state index contributed by atoms with van der Waals surface area (Å²) in [4.78, 5) is 43.0. The Morgan fingerprint density at radius 3 is 2.35 bits per heavy atom. The zero-order valence-corrected chi connectivity index (χ0v) is 23.1. The van der Waals surface area contributed by atoms with Crippen molar-refractivity contribution in [2.24, 2.45) is 17.3 Å². The zero-order chi connectivity index (χ0) is 25.7. The molecule has 1 spiro atoms. The molecule has 6 atom stereocenters. The van der Waals surface area contributed by atoms with Crippen LogP contribution in [0.3, 0.4) is 0 Å². The lowest BCUT2D eigenvalue weighted by Crippen LogP contribution is -2.60. The first-order valence-corrected chi connectivity index (χ1v) is 13.7. The van der Waals surface area contributed by atoms with Gasteiger partial charge in [0.1, 0.15) is 6.04 Å². The summed E-state index contributed by atoms with van der Waals surface area (Å²) >= 11 is 1.68. The summed E-state index contributed by atoms with van der Waals surface area (Å²) in [6.07, 6.45) is 3.68. The molecule has 3 aliphatic heterocycles. The average Bonchev–Trinajstić information content (AvgIpc) is 3.26. The minimum atomic E-state index is -0.697. The maximum Gasteiger partial charge on any atom is 0.244 e. The number of amides is 3. The van der Waals surface area contributed by atoms with Crippen LogP contribution in [0.5, 0.6) is 0 Å². The molecule has 3 amide bonds. The van der Waals surface area contributed by atoms with Crippen LogP contribution in [0.25, 0.3) is 0 Å². The van der Waals surface area contributed by atoms with E-state index in [-0.39, 0.29) is 34.5 Å². The summed E-state index contributed by atoms with van der Waals surface area (Å²) in [6, 6.07) is -1.14. The number of carbonyl (C=O) groups excluding carboxylic acids is 3. The van der Waals surface area contributed by atoms with Crippen LogP contribution in [0, 0.1) is 17.3 Å². The number of thioether (sulfide) groups is 1. The van der Waals surface area contributed by atoms with E-state index < -0.39 is 34.2 Å². The second-order valence-corrected chi connectivity index (χ2v) is 14.5. The Kier molecular flexibility index (Phi) is 7.47. The Morgan fingerprint density at radius 2 is 1.82 bits per heavy atom. The van der Waals surface area contributed by atoms with Gasteiger partial charge in [-0.1, -0.05) is 34.6 Å². The number of nitrogens with zero attached hydrogens (tertiary/aromatic N) is 1. The molecule has 2 bridgehead atoms. The number of hydrogen-bond acceptors (Lipinski definition) is 5. The van der Waals surface area contributed by atoms with Crippen LogP contribution in [-0.4, -0.2) is 68.0 Å². The smallest absolute Gasteiger partial charge is 0.244 e. The van der Waals surface area contributed by atoms with Crippen LogP contribution < -0.4 is 10.6 Å². The number of likely N-dealkylation sites (tertiary alicyclic amines) is 1. The van der Waals surface area contributed by atoms with Gasteiger partial charge < -0.3 is 20.6 Å². The standard InChI is InChI=1S/C26H45N3O4S/c1-9-13-27-20(31)17-18-22(33)29(16(10-2)14-30)19(26(18)12-11-25(17,8)34-26)21(32)28-24(6,7)15-23(3,4)5/h16-19,30H,9-15H2,1-8H3,(H,27,31)(H,28,32)/t16-,17+,18-,19?,25-,26?/m0/s1. The van der Waals surface area contributed by atoms with Gasteiger partial charge in [0.25, 0.3) is 0 Å². The maximum absolute atomic E-state index is 14.0. The summed E-state index contributed by atoms with van der Waals surface area (Å²) in [5.74, 6) is -1.41. The molecule has 3 aliphatic rings. The molecular formula is C26H45N3O4S. The number of aliphatic hydroxyl groups excluding tert-OH is 1. The molecule has 0 aliphatic carbocycles. The van der Waals surface area contributed by atoms with E-state index in [0.717, 1.165) is 25.7 Å². The summed E-state index contributed by atoms with van der Waals surface area (Å²) in [5, 5.41) is 16.4. The number of hydrogen-bond donors (Lipinski definition) is 3. The number of aliphatic hydroxyl groups is 1. The fourth-order valence-corrected chi connectivity index (χ4v) is 9.34. The number of fused-ring (bicyclic) bond motifs is 1. The first kappa shape index (κ1) is 27.3. The van der Waals surface area contributed by atoms with Crippen molar-refractivity contribution in [1.82, 2.24) is 15.5 Å². The van der Waals surface area contributed by atoms with Crippen molar-refractivity contribution in [3.05, 3.63) is 0 Å². The Hall–Kier alpha value is -1.28. The Morgan fingerprint density at radius 1 is 1.18 bits per heavy atom. The number of rotatable bonds is 9. The number of nitrogens with one attached hydrogen (secondary N) is 2. The minimum absolute atomic E-state index is 0.0241. The van der Waals surface area contributed by atoms with E-state index in [1.54, 1.807) is 16.7 Å². The van der Waals surface area contributed by atoms with Crippen molar-refractivity contribution in [2.45, 2.75) is 115 Å². The predicted molar refractivity (Wildman–Crippen MR) is 136 cm³/mol. The number of carbonyl (C=O) groups is 3. The molecule has 0 aromatic carbocycles. The highest BCUT2D eigenvalue weighted by molar-refractivity contribution is 8.02. The fraction of sp³-hybridized carbons (Fsp3) is 0.885.